The number of rotatable bonds is 1. The second-order valence-corrected chi connectivity index (χ2v) is 0.990. The van der Waals surface area contributed by atoms with Crippen molar-refractivity contribution in [2.75, 3.05) is 0 Å². The van der Waals surface area contributed by atoms with Gasteiger partial charge >= 0.3 is 0 Å². The smallest absolute Gasteiger partial charge is 0 e. The van der Waals surface area contributed by atoms with E-state index >= 15 is 0 Å². The van der Waals surface area contributed by atoms with Gasteiger partial charge in [0.2, 0.25) is 0 Å². The van der Waals surface area contributed by atoms with Crippen molar-refractivity contribution in [2.24, 2.45) is 0 Å². The van der Waals surface area contributed by atoms with E-state index in [-0.39, 0.29) is 38.5 Å². The molecule has 0 aromatic rings. The third-order valence-electron chi connectivity index (χ3n) is 0.311. The molecule has 7 heavy (non-hydrogen) atoms. The first-order chi connectivity index (χ1) is 2.77. The van der Waals surface area contributed by atoms with E-state index in [1.165, 1.54) is 6.08 Å². The minimum atomic E-state index is 0. The standard InChI is InChI=1S/C5H7O.Y/c1-3-4-5(2)6;/h4,6H,1H2,2H3;/q-1;/b5-4+;. The normalized spacial score (nSPS) is 9.57. The average Bonchev–Trinajstić information content (AvgIpc) is 1.35. The van der Waals surface area contributed by atoms with Crippen LogP contribution < -0.4 is 0 Å². The molecule has 0 aromatic carbocycles. The zero-order valence-corrected chi connectivity index (χ0v) is 7.15. The first-order valence-corrected chi connectivity index (χ1v) is 1.65. The van der Waals surface area contributed by atoms with Gasteiger partial charge in [0.05, 0.1) is 0 Å². The summed E-state index contributed by atoms with van der Waals surface area (Å²) in [5.41, 5.74) is 0. The molecule has 0 aliphatic heterocycles. The molecule has 37 valence electrons. The third kappa shape index (κ3) is 10.7. The van der Waals surface area contributed by atoms with Gasteiger partial charge in [-0.15, -0.1) is 0 Å². The largest absolute Gasteiger partial charge is 0.597 e. The number of allylic oxidation sites excluding steroid dienone is 3. The Balaban J connectivity index is 0. The zero-order valence-electron chi connectivity index (χ0n) is 4.31. The van der Waals surface area contributed by atoms with Crippen molar-refractivity contribution in [1.29, 1.82) is 0 Å². The molecule has 0 aliphatic carbocycles. The Morgan fingerprint density at radius 3 is 2.29 bits per heavy atom. The van der Waals surface area contributed by atoms with Gasteiger partial charge in [0.25, 0.3) is 0 Å². The molecule has 0 unspecified atom stereocenters. The zero-order chi connectivity index (χ0) is 4.99. The molecule has 0 heterocycles. The first kappa shape index (κ1) is 10.4. The molecule has 0 amide bonds. The van der Waals surface area contributed by atoms with E-state index in [0.29, 0.717) is 0 Å². The van der Waals surface area contributed by atoms with Gasteiger partial charge in [0.1, 0.15) is 0 Å². The maximum atomic E-state index is 8.31. The Kier molecular flexibility index (Phi) is 9.47. The Morgan fingerprint density at radius 2 is 2.29 bits per heavy atom. The molecule has 2 heteroatoms. The predicted molar refractivity (Wildman–Crippen MR) is 25.3 cm³/mol. The Hall–Kier alpha value is 0.384. The Bertz CT molecular complexity index is 72.1. The number of aliphatic hydroxyl groups is 1. The number of hydrogen-bond donors (Lipinski definition) is 1. The number of hydrogen-bond acceptors (Lipinski definition) is 1. The molecule has 0 aromatic heterocycles. The van der Waals surface area contributed by atoms with E-state index in [4.69, 9.17) is 5.11 Å². The minimum absolute atomic E-state index is 0. The minimum Gasteiger partial charge on any atom is -0.597 e. The summed E-state index contributed by atoms with van der Waals surface area (Å²) >= 11 is 0. The fraction of sp³-hybridized carbons (Fsp3) is 0.200. The van der Waals surface area contributed by atoms with Crippen LogP contribution in [-0.4, -0.2) is 5.11 Å². The molecule has 0 fully saturated rings. The van der Waals surface area contributed by atoms with Crippen LogP contribution in [0.15, 0.2) is 18.4 Å². The van der Waals surface area contributed by atoms with E-state index in [9.17, 15) is 0 Å². The van der Waals surface area contributed by atoms with Crippen LogP contribution in [0.4, 0.5) is 0 Å². The monoisotopic (exact) mass is 172 g/mol. The molecular weight excluding hydrogens is 165 g/mol. The van der Waals surface area contributed by atoms with Gasteiger partial charge in [0.15, 0.2) is 0 Å². The van der Waals surface area contributed by atoms with Crippen LogP contribution in [0.25, 0.3) is 0 Å². The summed E-state index contributed by atoms with van der Waals surface area (Å²) in [6.45, 7) is 4.81. The molecule has 0 spiro atoms. The molecule has 0 saturated heterocycles. The van der Waals surface area contributed by atoms with E-state index in [1.807, 2.05) is 0 Å². The molecule has 1 nitrogen and oxygen atoms in total. The van der Waals surface area contributed by atoms with Crippen LogP contribution in [0.3, 0.4) is 0 Å². The van der Waals surface area contributed by atoms with Gasteiger partial charge in [-0.05, 0) is 0 Å². The van der Waals surface area contributed by atoms with Crippen molar-refractivity contribution in [3.05, 3.63) is 24.5 Å². The van der Waals surface area contributed by atoms with Gasteiger partial charge < -0.3 is 5.11 Å². The molecule has 0 aliphatic rings. The molecule has 0 atom stereocenters. The maximum Gasteiger partial charge on any atom is 0 e. The van der Waals surface area contributed by atoms with Gasteiger partial charge in [0, 0.05) is 32.7 Å². The van der Waals surface area contributed by atoms with E-state index in [1.54, 1.807) is 6.92 Å². The van der Waals surface area contributed by atoms with Gasteiger partial charge in [-0.25, -0.2) is 0 Å². The van der Waals surface area contributed by atoms with Crippen molar-refractivity contribution in [3.8, 4) is 0 Å². The third-order valence-corrected chi connectivity index (χ3v) is 0.311. The second kappa shape index (κ2) is 6.38. The van der Waals surface area contributed by atoms with E-state index in [0.717, 1.165) is 0 Å². The fourth-order valence-corrected chi connectivity index (χ4v) is 0.148. The van der Waals surface area contributed by atoms with Crippen LogP contribution >= 0.6 is 0 Å². The molecule has 1 N–H and O–H groups in total. The first-order valence-electron chi connectivity index (χ1n) is 1.65. The second-order valence-electron chi connectivity index (χ2n) is 0.990. The van der Waals surface area contributed by atoms with Crippen molar-refractivity contribution in [1.82, 2.24) is 0 Å². The topological polar surface area (TPSA) is 20.2 Å². The summed E-state index contributed by atoms with van der Waals surface area (Å²) in [5.74, 6) is 0.241. The Morgan fingerprint density at radius 1 is 1.86 bits per heavy atom. The Labute approximate surface area is 69.0 Å². The van der Waals surface area contributed by atoms with Crippen LogP contribution in [0, 0.1) is 6.08 Å². The predicted octanol–water partition coefficient (Wildman–Crippen LogP) is 1.43. The van der Waals surface area contributed by atoms with E-state index in [2.05, 4.69) is 12.7 Å². The quantitative estimate of drug-likeness (QED) is 0.360. The number of aliphatic hydroxyl groups excluding tert-OH is 1. The average molecular weight is 172 g/mol. The summed E-state index contributed by atoms with van der Waals surface area (Å²) in [6, 6.07) is 0. The fourth-order valence-electron chi connectivity index (χ4n) is 0.148. The summed E-state index contributed by atoms with van der Waals surface area (Å²) in [4.78, 5) is 0. The molecule has 0 saturated carbocycles. The van der Waals surface area contributed by atoms with Gasteiger partial charge in [-0.2, -0.15) is 12.7 Å². The van der Waals surface area contributed by atoms with Crippen LogP contribution in [-0.2, 0) is 32.7 Å². The van der Waals surface area contributed by atoms with Crippen molar-refractivity contribution >= 4 is 0 Å². The molecular formula is C5H7OY-. The van der Waals surface area contributed by atoms with Crippen molar-refractivity contribution < 1.29 is 37.8 Å². The van der Waals surface area contributed by atoms with Crippen molar-refractivity contribution in [3.63, 3.8) is 0 Å². The van der Waals surface area contributed by atoms with Gasteiger partial charge in [-0.1, -0.05) is 12.7 Å². The maximum absolute atomic E-state index is 8.31. The summed E-state index contributed by atoms with van der Waals surface area (Å²) in [6.07, 6.45) is 3.81. The van der Waals surface area contributed by atoms with Crippen LogP contribution in [0.2, 0.25) is 0 Å². The summed E-state index contributed by atoms with van der Waals surface area (Å²) in [7, 11) is 0. The molecule has 1 radical (unpaired) electrons. The van der Waals surface area contributed by atoms with Crippen LogP contribution in [0.1, 0.15) is 6.92 Å². The van der Waals surface area contributed by atoms with Crippen LogP contribution in [0.5, 0.6) is 0 Å². The summed E-state index contributed by atoms with van der Waals surface area (Å²) in [5, 5.41) is 8.31. The SMILES string of the molecule is C=[C-]/C=C(\C)O.[Y]. The molecule has 0 bridgehead atoms. The van der Waals surface area contributed by atoms with E-state index < -0.39 is 0 Å². The summed E-state index contributed by atoms with van der Waals surface area (Å²) < 4.78 is 0. The molecule has 0 rings (SSSR count). The van der Waals surface area contributed by atoms with Crippen molar-refractivity contribution in [2.45, 2.75) is 6.92 Å². The van der Waals surface area contributed by atoms with Gasteiger partial charge in [-0.3, -0.25) is 6.08 Å².